The number of aromatic nitrogens is 1. The zero-order chi connectivity index (χ0) is 22.8. The number of nitrogens with zero attached hydrogens (tertiary/aromatic N) is 1. The van der Waals surface area contributed by atoms with Gasteiger partial charge >= 0.3 is 5.97 Å². The fourth-order valence-corrected chi connectivity index (χ4v) is 3.69. The Morgan fingerprint density at radius 2 is 1.78 bits per heavy atom. The van der Waals surface area contributed by atoms with Crippen LogP contribution in [0.25, 0.3) is 10.9 Å². The van der Waals surface area contributed by atoms with E-state index in [0.717, 1.165) is 10.3 Å². The van der Waals surface area contributed by atoms with Gasteiger partial charge in [0.05, 0.1) is 17.5 Å². The van der Waals surface area contributed by atoms with Crippen LogP contribution in [-0.4, -0.2) is 49.9 Å². The van der Waals surface area contributed by atoms with Crippen LogP contribution in [-0.2, 0) is 16.0 Å². The quantitative estimate of drug-likeness (QED) is 0.210. The van der Waals surface area contributed by atoms with Gasteiger partial charge in [-0.25, -0.2) is 10.3 Å². The third-order valence-electron chi connectivity index (χ3n) is 5.21. The number of carbonyl (C=O) groups excluding carboxylic acids is 3. The number of hydroxylamine groups is 1. The van der Waals surface area contributed by atoms with E-state index in [9.17, 15) is 24.3 Å². The first-order valence-electron chi connectivity index (χ1n) is 9.62. The standard InChI is InChI=1S/C23H17N3O6/c27-20(25-32)7-3-4-13-8-9-15-14(12-24-18(15)10-13)11-19(23(30)31)26-21(28)16-5-1-2-6-17(16)22(26)29/h1-2,5-6,8-10,12,19,24,32H,7,11H2,(H,25,27)(H,30,31)/t19-/m0/s1. The molecule has 1 atom stereocenters. The van der Waals surface area contributed by atoms with Crippen LogP contribution in [0, 0.1) is 11.8 Å². The van der Waals surface area contributed by atoms with Gasteiger partial charge in [-0.15, -0.1) is 0 Å². The van der Waals surface area contributed by atoms with Gasteiger partial charge in [0.2, 0.25) is 0 Å². The van der Waals surface area contributed by atoms with Crippen LogP contribution in [0.1, 0.15) is 38.3 Å². The summed E-state index contributed by atoms with van der Waals surface area (Å²) in [6, 6.07) is 10.1. The van der Waals surface area contributed by atoms with Crippen molar-refractivity contribution < 1.29 is 29.5 Å². The summed E-state index contributed by atoms with van der Waals surface area (Å²) in [5.41, 5.74) is 3.82. The number of amides is 3. The Balaban J connectivity index is 1.60. The molecule has 0 aliphatic carbocycles. The normalized spacial score (nSPS) is 13.5. The molecule has 160 valence electrons. The fourth-order valence-electron chi connectivity index (χ4n) is 3.69. The average Bonchev–Trinajstić information content (AvgIpc) is 3.30. The topological polar surface area (TPSA) is 140 Å². The molecule has 9 heteroatoms. The first-order chi connectivity index (χ1) is 15.4. The van der Waals surface area contributed by atoms with Crippen LogP contribution in [0.15, 0.2) is 48.7 Å². The van der Waals surface area contributed by atoms with Gasteiger partial charge in [-0.05, 0) is 29.8 Å². The van der Waals surface area contributed by atoms with Crippen LogP contribution < -0.4 is 5.48 Å². The van der Waals surface area contributed by atoms with Crippen molar-refractivity contribution in [3.63, 3.8) is 0 Å². The summed E-state index contributed by atoms with van der Waals surface area (Å²) in [6.07, 6.45) is 1.41. The number of hydrogen-bond donors (Lipinski definition) is 4. The molecular formula is C23H17N3O6. The van der Waals surface area contributed by atoms with Crippen molar-refractivity contribution in [1.29, 1.82) is 0 Å². The average molecular weight is 431 g/mol. The Morgan fingerprint density at radius 1 is 1.09 bits per heavy atom. The van der Waals surface area contributed by atoms with E-state index >= 15 is 0 Å². The SMILES string of the molecule is O=C(CC#Cc1ccc2c(C[C@@H](C(=O)O)N3C(=O)c4ccccc4C3=O)c[nH]c2c1)NO. The Morgan fingerprint density at radius 3 is 2.41 bits per heavy atom. The minimum Gasteiger partial charge on any atom is -0.480 e. The minimum atomic E-state index is -1.36. The van der Waals surface area contributed by atoms with Crippen LogP contribution in [0.3, 0.4) is 0 Å². The highest BCUT2D eigenvalue weighted by molar-refractivity contribution is 6.22. The van der Waals surface area contributed by atoms with Crippen molar-refractivity contribution in [3.05, 3.63) is 70.9 Å². The van der Waals surface area contributed by atoms with Gasteiger partial charge < -0.3 is 10.1 Å². The zero-order valence-electron chi connectivity index (χ0n) is 16.6. The zero-order valence-corrected chi connectivity index (χ0v) is 16.6. The number of aliphatic carboxylic acids is 1. The summed E-state index contributed by atoms with van der Waals surface area (Å²) in [6.45, 7) is 0. The van der Waals surface area contributed by atoms with E-state index in [1.807, 2.05) is 0 Å². The Bertz CT molecular complexity index is 1300. The number of aromatic amines is 1. The summed E-state index contributed by atoms with van der Waals surface area (Å²) < 4.78 is 0. The highest BCUT2D eigenvalue weighted by Gasteiger charge is 2.42. The van der Waals surface area contributed by atoms with E-state index in [1.54, 1.807) is 36.5 Å². The maximum Gasteiger partial charge on any atom is 0.327 e. The van der Waals surface area contributed by atoms with Gasteiger partial charge in [-0.2, -0.15) is 0 Å². The highest BCUT2D eigenvalue weighted by atomic mass is 16.5. The van der Waals surface area contributed by atoms with Gasteiger partial charge in [0.1, 0.15) is 6.04 Å². The number of H-pyrrole nitrogens is 1. The molecule has 0 saturated heterocycles. The number of carboxylic acid groups (broad SMARTS) is 1. The Labute approximate surface area is 181 Å². The van der Waals surface area contributed by atoms with Crippen molar-refractivity contribution in [2.75, 3.05) is 0 Å². The summed E-state index contributed by atoms with van der Waals surface area (Å²) in [5, 5.41) is 19.0. The number of hydrogen-bond acceptors (Lipinski definition) is 5. The molecular weight excluding hydrogens is 414 g/mol. The highest BCUT2D eigenvalue weighted by Crippen LogP contribution is 2.28. The molecule has 1 aromatic heterocycles. The lowest BCUT2D eigenvalue weighted by Crippen LogP contribution is -2.46. The van der Waals surface area contributed by atoms with Gasteiger partial charge in [-0.3, -0.25) is 24.5 Å². The molecule has 4 rings (SSSR count). The van der Waals surface area contributed by atoms with E-state index in [1.165, 1.54) is 17.6 Å². The number of imide groups is 1. The smallest absolute Gasteiger partial charge is 0.327 e. The molecule has 0 saturated carbocycles. The van der Waals surface area contributed by atoms with Gasteiger partial charge in [0.25, 0.3) is 17.7 Å². The summed E-state index contributed by atoms with van der Waals surface area (Å²) >= 11 is 0. The van der Waals surface area contributed by atoms with Gasteiger partial charge in [0.15, 0.2) is 0 Å². The van der Waals surface area contributed by atoms with E-state index in [2.05, 4.69) is 16.8 Å². The Hall–Kier alpha value is -4.42. The molecule has 32 heavy (non-hydrogen) atoms. The number of carbonyl (C=O) groups is 4. The molecule has 0 spiro atoms. The van der Waals surface area contributed by atoms with Gasteiger partial charge in [-0.1, -0.05) is 30.0 Å². The number of nitrogens with one attached hydrogen (secondary N) is 2. The van der Waals surface area contributed by atoms with Crippen LogP contribution >= 0.6 is 0 Å². The number of fused-ring (bicyclic) bond motifs is 2. The first-order valence-corrected chi connectivity index (χ1v) is 9.62. The molecule has 2 heterocycles. The fraction of sp³-hybridized carbons (Fsp3) is 0.130. The summed E-state index contributed by atoms with van der Waals surface area (Å²) in [4.78, 5) is 52.4. The molecule has 0 fully saturated rings. The van der Waals surface area contributed by atoms with E-state index in [4.69, 9.17) is 5.21 Å². The molecule has 1 aliphatic heterocycles. The van der Waals surface area contributed by atoms with Crippen molar-refractivity contribution in [2.45, 2.75) is 18.9 Å². The lowest BCUT2D eigenvalue weighted by atomic mass is 10.0. The first kappa shape index (κ1) is 20.8. The second-order valence-electron chi connectivity index (χ2n) is 7.17. The van der Waals surface area contributed by atoms with E-state index < -0.39 is 29.7 Å². The van der Waals surface area contributed by atoms with E-state index in [0.29, 0.717) is 16.6 Å². The second kappa shape index (κ2) is 8.37. The van der Waals surface area contributed by atoms with Crippen molar-refractivity contribution in [3.8, 4) is 11.8 Å². The lowest BCUT2D eigenvalue weighted by molar-refractivity contribution is -0.141. The predicted molar refractivity (Wildman–Crippen MR) is 112 cm³/mol. The Kier molecular flexibility index (Phi) is 5.45. The summed E-state index contributed by atoms with van der Waals surface area (Å²) in [5.74, 6) is 2.29. The molecule has 0 radical (unpaired) electrons. The molecule has 0 bridgehead atoms. The monoisotopic (exact) mass is 431 g/mol. The number of benzene rings is 2. The van der Waals surface area contributed by atoms with Crippen LogP contribution in [0.2, 0.25) is 0 Å². The molecule has 1 aliphatic rings. The molecule has 9 nitrogen and oxygen atoms in total. The summed E-state index contributed by atoms with van der Waals surface area (Å²) in [7, 11) is 0. The third-order valence-corrected chi connectivity index (χ3v) is 5.21. The van der Waals surface area contributed by atoms with Crippen molar-refractivity contribution in [2.24, 2.45) is 0 Å². The van der Waals surface area contributed by atoms with Crippen LogP contribution in [0.5, 0.6) is 0 Å². The second-order valence-corrected chi connectivity index (χ2v) is 7.17. The number of carboxylic acids is 1. The molecule has 3 aromatic rings. The van der Waals surface area contributed by atoms with Crippen LogP contribution in [0.4, 0.5) is 0 Å². The van der Waals surface area contributed by atoms with Crippen molar-refractivity contribution in [1.82, 2.24) is 15.4 Å². The molecule has 3 amide bonds. The number of rotatable bonds is 5. The molecule has 4 N–H and O–H groups in total. The third kappa shape index (κ3) is 3.71. The predicted octanol–water partition coefficient (Wildman–Crippen LogP) is 1.71. The largest absolute Gasteiger partial charge is 0.480 e. The molecule has 2 aromatic carbocycles. The van der Waals surface area contributed by atoms with E-state index in [-0.39, 0.29) is 24.0 Å². The van der Waals surface area contributed by atoms with Crippen molar-refractivity contribution >= 4 is 34.6 Å². The maximum absolute atomic E-state index is 12.7. The maximum atomic E-state index is 12.7. The lowest BCUT2D eigenvalue weighted by Gasteiger charge is -2.22. The minimum absolute atomic E-state index is 0.0670. The van der Waals surface area contributed by atoms with Gasteiger partial charge in [0, 0.05) is 29.1 Å². The molecule has 0 unspecified atom stereocenters.